The number of hydrogen-bond donors (Lipinski definition) is 0. The van der Waals surface area contributed by atoms with Crippen molar-refractivity contribution in [1.82, 2.24) is 14.7 Å². The van der Waals surface area contributed by atoms with Gasteiger partial charge >= 0.3 is 5.97 Å². The molecule has 1 aromatic rings. The van der Waals surface area contributed by atoms with Crippen LogP contribution in [-0.4, -0.2) is 46.8 Å². The number of nitrogens with zero attached hydrogens (tertiary/aromatic N) is 3. The largest absolute Gasteiger partial charge is 0.466 e. The standard InChI is InChI=1S/C15H23N3O3/c1-6-21-15(20)9-10-17(4)14(19)8-7-13-11(2)16-18(5)12(13)3/h7-8H,6,9-10H2,1-5H3. The van der Waals surface area contributed by atoms with E-state index in [-0.39, 0.29) is 18.3 Å². The van der Waals surface area contributed by atoms with Crippen LogP contribution in [0.1, 0.15) is 30.3 Å². The number of likely N-dealkylation sites (N-methyl/N-ethyl adjacent to an activating group) is 1. The summed E-state index contributed by atoms with van der Waals surface area (Å²) >= 11 is 0. The molecular formula is C15H23N3O3. The van der Waals surface area contributed by atoms with Crippen LogP contribution in [0.2, 0.25) is 0 Å². The summed E-state index contributed by atoms with van der Waals surface area (Å²) in [5, 5.41) is 4.29. The molecule has 0 aliphatic rings. The number of esters is 1. The molecule has 1 aromatic heterocycles. The Hall–Kier alpha value is -2.11. The van der Waals surface area contributed by atoms with Crippen molar-refractivity contribution in [3.8, 4) is 0 Å². The Morgan fingerprint density at radius 1 is 1.38 bits per heavy atom. The lowest BCUT2D eigenvalue weighted by Gasteiger charge is -2.14. The summed E-state index contributed by atoms with van der Waals surface area (Å²) in [6.07, 6.45) is 3.47. The van der Waals surface area contributed by atoms with E-state index in [4.69, 9.17) is 4.74 Å². The van der Waals surface area contributed by atoms with Crippen molar-refractivity contribution >= 4 is 18.0 Å². The summed E-state index contributed by atoms with van der Waals surface area (Å²) in [7, 11) is 3.53. The molecule has 0 N–H and O–H groups in total. The zero-order chi connectivity index (χ0) is 16.0. The zero-order valence-electron chi connectivity index (χ0n) is 13.3. The zero-order valence-corrected chi connectivity index (χ0v) is 13.3. The van der Waals surface area contributed by atoms with Crippen molar-refractivity contribution < 1.29 is 14.3 Å². The maximum Gasteiger partial charge on any atom is 0.307 e. The monoisotopic (exact) mass is 293 g/mol. The summed E-state index contributed by atoms with van der Waals surface area (Å²) in [6.45, 7) is 6.31. The molecule has 0 aliphatic heterocycles. The number of aromatic nitrogens is 2. The predicted octanol–water partition coefficient (Wildman–Crippen LogP) is 1.46. The number of hydrogen-bond acceptors (Lipinski definition) is 4. The molecule has 0 radical (unpaired) electrons. The van der Waals surface area contributed by atoms with E-state index in [1.54, 1.807) is 24.7 Å². The van der Waals surface area contributed by atoms with E-state index in [9.17, 15) is 9.59 Å². The van der Waals surface area contributed by atoms with Crippen molar-refractivity contribution in [1.29, 1.82) is 0 Å². The average Bonchev–Trinajstić information content (AvgIpc) is 2.67. The van der Waals surface area contributed by atoms with Gasteiger partial charge in [-0.1, -0.05) is 0 Å². The number of rotatable bonds is 6. The number of aryl methyl sites for hydroxylation is 2. The number of amides is 1. The Kier molecular flexibility index (Phi) is 6.14. The van der Waals surface area contributed by atoms with E-state index in [1.165, 1.54) is 11.0 Å². The molecule has 1 rings (SSSR count). The second-order valence-corrected chi connectivity index (χ2v) is 4.86. The van der Waals surface area contributed by atoms with Crippen molar-refractivity contribution in [2.75, 3.05) is 20.2 Å². The molecule has 0 spiro atoms. The molecule has 0 aliphatic carbocycles. The quantitative estimate of drug-likeness (QED) is 0.588. The first-order chi connectivity index (χ1) is 9.86. The molecule has 116 valence electrons. The highest BCUT2D eigenvalue weighted by Crippen LogP contribution is 2.13. The fourth-order valence-corrected chi connectivity index (χ4v) is 1.92. The summed E-state index contributed by atoms with van der Waals surface area (Å²) in [5.41, 5.74) is 2.84. The Balaban J connectivity index is 2.59. The van der Waals surface area contributed by atoms with Crippen LogP contribution in [0.5, 0.6) is 0 Å². The summed E-state index contributed by atoms with van der Waals surface area (Å²) in [5.74, 6) is -0.443. The van der Waals surface area contributed by atoms with E-state index >= 15 is 0 Å². The highest BCUT2D eigenvalue weighted by atomic mass is 16.5. The van der Waals surface area contributed by atoms with Crippen molar-refractivity contribution in [3.63, 3.8) is 0 Å². The van der Waals surface area contributed by atoms with Crippen molar-refractivity contribution in [2.24, 2.45) is 7.05 Å². The minimum absolute atomic E-state index is 0.151. The van der Waals surface area contributed by atoms with Crippen molar-refractivity contribution in [2.45, 2.75) is 27.2 Å². The van der Waals surface area contributed by atoms with Gasteiger partial charge in [0.15, 0.2) is 0 Å². The minimum Gasteiger partial charge on any atom is -0.466 e. The molecule has 6 heteroatoms. The van der Waals surface area contributed by atoms with Crippen LogP contribution < -0.4 is 0 Å². The van der Waals surface area contributed by atoms with E-state index in [0.29, 0.717) is 13.2 Å². The van der Waals surface area contributed by atoms with Crippen LogP contribution in [0.25, 0.3) is 6.08 Å². The lowest BCUT2D eigenvalue weighted by molar-refractivity contribution is -0.143. The maximum atomic E-state index is 12.0. The molecular weight excluding hydrogens is 270 g/mol. The molecule has 21 heavy (non-hydrogen) atoms. The fraction of sp³-hybridized carbons (Fsp3) is 0.533. The Bertz CT molecular complexity index is 547. The van der Waals surface area contributed by atoms with Crippen LogP contribution in [0.4, 0.5) is 0 Å². The third-order valence-electron chi connectivity index (χ3n) is 3.29. The van der Waals surface area contributed by atoms with E-state index < -0.39 is 0 Å². The van der Waals surface area contributed by atoms with Crippen LogP contribution in [-0.2, 0) is 21.4 Å². The Morgan fingerprint density at radius 2 is 2.05 bits per heavy atom. The first-order valence-corrected chi connectivity index (χ1v) is 6.95. The predicted molar refractivity (Wildman–Crippen MR) is 80.6 cm³/mol. The van der Waals surface area contributed by atoms with Gasteiger partial charge in [-0.05, 0) is 26.8 Å². The average molecular weight is 293 g/mol. The van der Waals surface area contributed by atoms with E-state index in [1.807, 2.05) is 20.9 Å². The van der Waals surface area contributed by atoms with Gasteiger partial charge in [-0.25, -0.2) is 0 Å². The summed E-state index contributed by atoms with van der Waals surface area (Å²) in [6, 6.07) is 0. The summed E-state index contributed by atoms with van der Waals surface area (Å²) < 4.78 is 6.61. The number of carbonyl (C=O) groups excluding carboxylic acids is 2. The molecule has 0 saturated carbocycles. The van der Waals surface area contributed by atoms with Crippen molar-refractivity contribution in [3.05, 3.63) is 23.0 Å². The Morgan fingerprint density at radius 3 is 2.57 bits per heavy atom. The van der Waals surface area contributed by atoms with Gasteiger partial charge in [0.1, 0.15) is 0 Å². The molecule has 0 atom stereocenters. The van der Waals surface area contributed by atoms with Gasteiger partial charge in [0.25, 0.3) is 0 Å². The minimum atomic E-state index is -0.292. The topological polar surface area (TPSA) is 64.4 Å². The fourth-order valence-electron chi connectivity index (χ4n) is 1.92. The lowest BCUT2D eigenvalue weighted by atomic mass is 10.2. The molecule has 1 amide bonds. The van der Waals surface area contributed by atoms with Crippen LogP contribution >= 0.6 is 0 Å². The molecule has 0 aromatic carbocycles. The normalized spacial score (nSPS) is 10.9. The molecule has 1 heterocycles. The van der Waals surface area contributed by atoms with Gasteiger partial charge in [-0.3, -0.25) is 14.3 Å². The number of carbonyl (C=O) groups is 2. The number of ether oxygens (including phenoxy) is 1. The molecule has 0 saturated heterocycles. The van der Waals surface area contributed by atoms with Gasteiger partial charge in [-0.15, -0.1) is 0 Å². The highest BCUT2D eigenvalue weighted by Gasteiger charge is 2.10. The smallest absolute Gasteiger partial charge is 0.307 e. The second kappa shape index (κ2) is 7.61. The molecule has 0 bridgehead atoms. The van der Waals surface area contributed by atoms with E-state index in [0.717, 1.165) is 17.0 Å². The van der Waals surface area contributed by atoms with Crippen LogP contribution in [0.3, 0.4) is 0 Å². The second-order valence-electron chi connectivity index (χ2n) is 4.86. The van der Waals surface area contributed by atoms with Gasteiger partial charge < -0.3 is 9.64 Å². The first kappa shape index (κ1) is 16.9. The highest BCUT2D eigenvalue weighted by molar-refractivity contribution is 5.92. The van der Waals surface area contributed by atoms with Gasteiger partial charge in [0.2, 0.25) is 5.91 Å². The SMILES string of the molecule is CCOC(=O)CCN(C)C(=O)C=Cc1c(C)nn(C)c1C. The molecule has 0 fully saturated rings. The molecule has 6 nitrogen and oxygen atoms in total. The third-order valence-corrected chi connectivity index (χ3v) is 3.29. The Labute approximate surface area is 125 Å². The first-order valence-electron chi connectivity index (χ1n) is 6.95. The van der Waals surface area contributed by atoms with Gasteiger partial charge in [0.05, 0.1) is 18.7 Å². The third kappa shape index (κ3) is 4.73. The molecule has 0 unspecified atom stereocenters. The van der Waals surface area contributed by atoms with Crippen LogP contribution in [0, 0.1) is 13.8 Å². The van der Waals surface area contributed by atoms with Gasteiger partial charge in [-0.2, -0.15) is 5.10 Å². The van der Waals surface area contributed by atoms with Crippen LogP contribution in [0.15, 0.2) is 6.08 Å². The lowest BCUT2D eigenvalue weighted by Crippen LogP contribution is -2.27. The van der Waals surface area contributed by atoms with Gasteiger partial charge in [0, 0.05) is 38.0 Å². The van der Waals surface area contributed by atoms with E-state index in [2.05, 4.69) is 5.10 Å². The maximum absolute atomic E-state index is 12.0. The summed E-state index contributed by atoms with van der Waals surface area (Å²) in [4.78, 5) is 24.7.